The smallest absolute Gasteiger partial charge is 0.255 e. The summed E-state index contributed by atoms with van der Waals surface area (Å²) in [4.78, 5) is 26.2. The standard InChI is InChI=1S/C22H29N5O/c1-17(2)14-27-16-24-20-12-19(13-23-21(20)27)22(28)26(11-10-25(3)4)15-18-8-6-5-7-9-18/h5-9,12-13,16-17H,10-11,14-15H2,1-4H3. The molecule has 0 saturated carbocycles. The second-order valence-electron chi connectivity index (χ2n) is 7.87. The molecule has 2 aromatic heterocycles. The van der Waals surface area contributed by atoms with Crippen molar-refractivity contribution in [2.75, 3.05) is 27.2 Å². The quantitative estimate of drug-likeness (QED) is 0.603. The molecule has 0 saturated heterocycles. The molecule has 1 aromatic carbocycles. The van der Waals surface area contributed by atoms with Crippen molar-refractivity contribution >= 4 is 17.1 Å². The van der Waals surface area contributed by atoms with Gasteiger partial charge < -0.3 is 14.4 Å². The summed E-state index contributed by atoms with van der Waals surface area (Å²) in [7, 11) is 4.03. The summed E-state index contributed by atoms with van der Waals surface area (Å²) in [6, 6.07) is 11.9. The number of carbonyl (C=O) groups is 1. The van der Waals surface area contributed by atoms with Gasteiger partial charge in [0.25, 0.3) is 5.91 Å². The lowest BCUT2D eigenvalue weighted by molar-refractivity contribution is 0.0731. The maximum Gasteiger partial charge on any atom is 0.255 e. The van der Waals surface area contributed by atoms with Crippen LogP contribution < -0.4 is 0 Å². The van der Waals surface area contributed by atoms with Crippen molar-refractivity contribution in [3.8, 4) is 0 Å². The Balaban J connectivity index is 1.84. The zero-order valence-electron chi connectivity index (χ0n) is 17.2. The maximum absolute atomic E-state index is 13.2. The molecule has 6 heteroatoms. The summed E-state index contributed by atoms with van der Waals surface area (Å²) >= 11 is 0. The molecule has 28 heavy (non-hydrogen) atoms. The number of hydrogen-bond donors (Lipinski definition) is 0. The number of benzene rings is 1. The van der Waals surface area contributed by atoms with Crippen LogP contribution in [0.15, 0.2) is 48.9 Å². The van der Waals surface area contributed by atoms with E-state index in [4.69, 9.17) is 0 Å². The summed E-state index contributed by atoms with van der Waals surface area (Å²) in [6.07, 6.45) is 3.48. The fraction of sp³-hybridized carbons (Fsp3) is 0.409. The third kappa shape index (κ3) is 4.95. The molecular weight excluding hydrogens is 350 g/mol. The van der Waals surface area contributed by atoms with Crippen LogP contribution in [0.2, 0.25) is 0 Å². The minimum Gasteiger partial charge on any atom is -0.333 e. The van der Waals surface area contributed by atoms with Crippen LogP contribution in [-0.4, -0.2) is 57.4 Å². The van der Waals surface area contributed by atoms with Crippen LogP contribution in [0.1, 0.15) is 29.8 Å². The van der Waals surface area contributed by atoms with Crippen molar-refractivity contribution in [3.05, 3.63) is 60.0 Å². The zero-order valence-corrected chi connectivity index (χ0v) is 17.2. The molecule has 0 spiro atoms. The van der Waals surface area contributed by atoms with E-state index in [1.807, 2.05) is 60.0 Å². The van der Waals surface area contributed by atoms with Crippen molar-refractivity contribution < 1.29 is 4.79 Å². The largest absolute Gasteiger partial charge is 0.333 e. The summed E-state index contributed by atoms with van der Waals surface area (Å²) in [5, 5.41) is 0. The molecule has 2 heterocycles. The average Bonchev–Trinajstić information content (AvgIpc) is 3.06. The van der Waals surface area contributed by atoms with Gasteiger partial charge in [0, 0.05) is 32.4 Å². The number of pyridine rings is 1. The van der Waals surface area contributed by atoms with Gasteiger partial charge in [0.2, 0.25) is 0 Å². The SMILES string of the molecule is CC(C)Cn1cnc2cc(C(=O)N(CCN(C)C)Cc3ccccc3)cnc21. The number of nitrogens with zero attached hydrogens (tertiary/aromatic N) is 5. The van der Waals surface area contributed by atoms with Gasteiger partial charge >= 0.3 is 0 Å². The summed E-state index contributed by atoms with van der Waals surface area (Å²) in [5.74, 6) is 0.492. The van der Waals surface area contributed by atoms with E-state index in [1.54, 1.807) is 12.5 Å². The van der Waals surface area contributed by atoms with Gasteiger partial charge in [-0.3, -0.25) is 4.79 Å². The van der Waals surface area contributed by atoms with Crippen molar-refractivity contribution in [2.45, 2.75) is 26.9 Å². The molecule has 3 rings (SSSR count). The van der Waals surface area contributed by atoms with E-state index < -0.39 is 0 Å². The van der Waals surface area contributed by atoms with Crippen LogP contribution >= 0.6 is 0 Å². The van der Waals surface area contributed by atoms with Crippen LogP contribution in [-0.2, 0) is 13.1 Å². The number of aromatic nitrogens is 3. The van der Waals surface area contributed by atoms with E-state index in [9.17, 15) is 4.79 Å². The highest BCUT2D eigenvalue weighted by Gasteiger charge is 2.18. The molecule has 0 aliphatic carbocycles. The van der Waals surface area contributed by atoms with Gasteiger partial charge in [-0.2, -0.15) is 0 Å². The lowest BCUT2D eigenvalue weighted by Gasteiger charge is -2.24. The number of fused-ring (bicyclic) bond motifs is 1. The molecule has 0 unspecified atom stereocenters. The molecule has 6 nitrogen and oxygen atoms in total. The molecular formula is C22H29N5O. The van der Waals surface area contributed by atoms with Crippen LogP contribution in [0.3, 0.4) is 0 Å². The molecule has 0 aliphatic rings. The third-order valence-corrected chi connectivity index (χ3v) is 4.58. The highest BCUT2D eigenvalue weighted by atomic mass is 16.2. The van der Waals surface area contributed by atoms with Crippen molar-refractivity contribution in [2.24, 2.45) is 5.92 Å². The van der Waals surface area contributed by atoms with Gasteiger partial charge in [0.15, 0.2) is 5.65 Å². The summed E-state index contributed by atoms with van der Waals surface area (Å²) in [6.45, 7) is 7.22. The Labute approximate surface area is 166 Å². The minimum atomic E-state index is -0.0153. The van der Waals surface area contributed by atoms with Crippen LogP contribution in [0.4, 0.5) is 0 Å². The fourth-order valence-electron chi connectivity index (χ4n) is 3.15. The molecule has 148 valence electrons. The lowest BCUT2D eigenvalue weighted by atomic mass is 10.1. The third-order valence-electron chi connectivity index (χ3n) is 4.58. The Hall–Kier alpha value is -2.73. The fourth-order valence-corrected chi connectivity index (χ4v) is 3.15. The number of imidazole rings is 1. The summed E-state index contributed by atoms with van der Waals surface area (Å²) < 4.78 is 2.04. The number of carbonyl (C=O) groups excluding carboxylic acids is 1. The number of likely N-dealkylation sites (N-methyl/N-ethyl adjacent to an activating group) is 1. The van der Waals surface area contributed by atoms with Crippen LogP contribution in [0.5, 0.6) is 0 Å². The van der Waals surface area contributed by atoms with E-state index in [0.29, 0.717) is 24.6 Å². The van der Waals surface area contributed by atoms with Gasteiger partial charge in [-0.05, 0) is 31.6 Å². The minimum absolute atomic E-state index is 0.0153. The molecule has 0 N–H and O–H groups in total. The molecule has 1 amide bonds. The van der Waals surface area contributed by atoms with E-state index in [0.717, 1.165) is 29.8 Å². The number of hydrogen-bond acceptors (Lipinski definition) is 4. The maximum atomic E-state index is 13.2. The molecule has 3 aromatic rings. The highest BCUT2D eigenvalue weighted by molar-refractivity contribution is 5.96. The first-order valence-electron chi connectivity index (χ1n) is 9.73. The predicted molar refractivity (Wildman–Crippen MR) is 112 cm³/mol. The topological polar surface area (TPSA) is 54.3 Å². The van der Waals surface area contributed by atoms with Gasteiger partial charge in [-0.25, -0.2) is 9.97 Å². The molecule has 0 radical (unpaired) electrons. The second-order valence-corrected chi connectivity index (χ2v) is 7.87. The Morgan fingerprint density at radius 2 is 1.86 bits per heavy atom. The predicted octanol–water partition coefficient (Wildman–Crippen LogP) is 3.29. The first-order chi connectivity index (χ1) is 13.4. The first kappa shape index (κ1) is 20.0. The van der Waals surface area contributed by atoms with Gasteiger partial charge in [-0.1, -0.05) is 44.2 Å². The molecule has 0 fully saturated rings. The zero-order chi connectivity index (χ0) is 20.1. The normalized spacial score (nSPS) is 11.5. The van der Waals surface area contributed by atoms with E-state index in [-0.39, 0.29) is 5.91 Å². The Bertz CT molecular complexity index is 917. The Kier molecular flexibility index (Phi) is 6.41. The van der Waals surface area contributed by atoms with Crippen molar-refractivity contribution in [3.63, 3.8) is 0 Å². The Morgan fingerprint density at radius 3 is 2.54 bits per heavy atom. The van der Waals surface area contributed by atoms with Crippen molar-refractivity contribution in [1.82, 2.24) is 24.3 Å². The van der Waals surface area contributed by atoms with E-state index in [1.165, 1.54) is 0 Å². The second kappa shape index (κ2) is 8.97. The van der Waals surface area contributed by atoms with Crippen LogP contribution in [0.25, 0.3) is 11.2 Å². The van der Waals surface area contributed by atoms with Gasteiger partial charge in [0.05, 0.1) is 11.9 Å². The number of rotatable bonds is 8. The van der Waals surface area contributed by atoms with Gasteiger partial charge in [0.1, 0.15) is 5.52 Å². The Morgan fingerprint density at radius 1 is 1.11 bits per heavy atom. The van der Waals surface area contributed by atoms with E-state index >= 15 is 0 Å². The number of amides is 1. The molecule has 0 aliphatic heterocycles. The molecule has 0 atom stereocenters. The lowest BCUT2D eigenvalue weighted by Crippen LogP contribution is -2.36. The van der Waals surface area contributed by atoms with E-state index in [2.05, 4.69) is 28.7 Å². The average molecular weight is 380 g/mol. The monoisotopic (exact) mass is 379 g/mol. The van der Waals surface area contributed by atoms with Crippen molar-refractivity contribution in [1.29, 1.82) is 0 Å². The van der Waals surface area contributed by atoms with Crippen LogP contribution in [0, 0.1) is 5.92 Å². The van der Waals surface area contributed by atoms with Gasteiger partial charge in [-0.15, -0.1) is 0 Å². The first-order valence-corrected chi connectivity index (χ1v) is 9.73. The molecule has 0 bridgehead atoms. The summed E-state index contributed by atoms with van der Waals surface area (Å²) in [5.41, 5.74) is 3.29. The highest BCUT2D eigenvalue weighted by Crippen LogP contribution is 2.16.